The van der Waals surface area contributed by atoms with Crippen molar-refractivity contribution in [3.05, 3.63) is 59.1 Å². The van der Waals surface area contributed by atoms with E-state index in [4.69, 9.17) is 11.6 Å². The lowest BCUT2D eigenvalue weighted by Crippen LogP contribution is -2.47. The maximum absolute atomic E-state index is 13.8. The second kappa shape index (κ2) is 8.01. The number of hydrogen-bond acceptors (Lipinski definition) is 3. The van der Waals surface area contributed by atoms with Crippen molar-refractivity contribution in [1.29, 1.82) is 0 Å². The first kappa shape index (κ1) is 20.1. The highest BCUT2D eigenvalue weighted by atomic mass is 35.5. The molecule has 0 saturated carbocycles. The van der Waals surface area contributed by atoms with Crippen molar-refractivity contribution in [3.8, 4) is 0 Å². The van der Waals surface area contributed by atoms with Gasteiger partial charge in [-0.05, 0) is 42.8 Å². The molecule has 140 valence electrons. The molecule has 0 unspecified atom stereocenters. The third kappa shape index (κ3) is 4.50. The molecular weight excluding hydrogens is 386 g/mol. The standard InChI is InChI=1S/C17H17ClF2N2O3S/c1-3-15(17(23)21-16-13(19)5-4-6-14(16)20)22(26(2,24)25)12-9-7-11(18)8-10-12/h4-10,15H,3H2,1-2H3,(H,21,23)/t15-/m1/s1. The van der Waals surface area contributed by atoms with Crippen molar-refractivity contribution in [2.75, 3.05) is 15.9 Å². The maximum Gasteiger partial charge on any atom is 0.248 e. The van der Waals surface area contributed by atoms with Gasteiger partial charge in [-0.3, -0.25) is 9.10 Å². The summed E-state index contributed by atoms with van der Waals surface area (Å²) in [7, 11) is -3.86. The Labute approximate surface area is 155 Å². The quantitative estimate of drug-likeness (QED) is 0.799. The number of rotatable bonds is 6. The molecule has 0 radical (unpaired) electrons. The van der Waals surface area contributed by atoms with Gasteiger partial charge in [-0.2, -0.15) is 0 Å². The van der Waals surface area contributed by atoms with E-state index in [-0.39, 0.29) is 12.1 Å². The molecule has 0 saturated heterocycles. The highest BCUT2D eigenvalue weighted by Gasteiger charge is 2.32. The second-order valence-electron chi connectivity index (χ2n) is 5.55. The number of carbonyl (C=O) groups is 1. The minimum Gasteiger partial charge on any atom is -0.319 e. The van der Waals surface area contributed by atoms with Crippen LogP contribution in [0, 0.1) is 11.6 Å². The van der Waals surface area contributed by atoms with E-state index < -0.39 is 39.3 Å². The van der Waals surface area contributed by atoms with Gasteiger partial charge in [-0.1, -0.05) is 24.6 Å². The van der Waals surface area contributed by atoms with Crippen LogP contribution in [0.4, 0.5) is 20.2 Å². The first-order valence-electron chi connectivity index (χ1n) is 7.65. The van der Waals surface area contributed by atoms with Crippen LogP contribution in [0.25, 0.3) is 0 Å². The Hall–Kier alpha value is -2.19. The summed E-state index contributed by atoms with van der Waals surface area (Å²) in [5.41, 5.74) is -0.409. The minimum absolute atomic E-state index is 0.0810. The Bertz CT molecular complexity index is 884. The zero-order valence-electron chi connectivity index (χ0n) is 14.0. The molecule has 5 nitrogen and oxygen atoms in total. The van der Waals surface area contributed by atoms with Gasteiger partial charge in [-0.25, -0.2) is 17.2 Å². The molecular formula is C17H17ClF2N2O3S. The smallest absolute Gasteiger partial charge is 0.248 e. The topological polar surface area (TPSA) is 66.5 Å². The molecule has 1 amide bonds. The highest BCUT2D eigenvalue weighted by molar-refractivity contribution is 7.92. The number of nitrogens with zero attached hydrogens (tertiary/aromatic N) is 1. The zero-order valence-corrected chi connectivity index (χ0v) is 15.6. The van der Waals surface area contributed by atoms with Gasteiger partial charge in [0, 0.05) is 5.02 Å². The monoisotopic (exact) mass is 402 g/mol. The molecule has 1 N–H and O–H groups in total. The summed E-state index contributed by atoms with van der Waals surface area (Å²) in [6, 6.07) is 7.80. The van der Waals surface area contributed by atoms with E-state index in [9.17, 15) is 22.0 Å². The number of anilines is 2. The largest absolute Gasteiger partial charge is 0.319 e. The van der Waals surface area contributed by atoms with Crippen LogP contribution in [0.3, 0.4) is 0 Å². The molecule has 1 atom stereocenters. The average Bonchev–Trinajstić information content (AvgIpc) is 2.56. The SMILES string of the molecule is CC[C@H](C(=O)Nc1c(F)cccc1F)N(c1ccc(Cl)cc1)S(C)(=O)=O. The first-order valence-corrected chi connectivity index (χ1v) is 9.87. The lowest BCUT2D eigenvalue weighted by Gasteiger charge is -2.30. The van der Waals surface area contributed by atoms with E-state index in [2.05, 4.69) is 5.32 Å². The normalized spacial score (nSPS) is 12.5. The van der Waals surface area contributed by atoms with Crippen LogP contribution in [0.1, 0.15) is 13.3 Å². The molecule has 0 aliphatic rings. The van der Waals surface area contributed by atoms with Crippen molar-refractivity contribution in [2.24, 2.45) is 0 Å². The van der Waals surface area contributed by atoms with Gasteiger partial charge < -0.3 is 5.32 Å². The summed E-state index contributed by atoms with van der Waals surface area (Å²) in [6.07, 6.45) is 1.03. The van der Waals surface area contributed by atoms with Crippen LogP contribution < -0.4 is 9.62 Å². The molecule has 26 heavy (non-hydrogen) atoms. The molecule has 0 heterocycles. The Morgan fingerprint density at radius 2 is 1.69 bits per heavy atom. The Kier molecular flexibility index (Phi) is 6.20. The minimum atomic E-state index is -3.86. The molecule has 2 rings (SSSR count). The van der Waals surface area contributed by atoms with Gasteiger partial charge in [0.1, 0.15) is 23.4 Å². The molecule has 0 bridgehead atoms. The van der Waals surface area contributed by atoms with Gasteiger partial charge >= 0.3 is 0 Å². The molecule has 2 aromatic rings. The van der Waals surface area contributed by atoms with Crippen LogP contribution in [0.2, 0.25) is 5.02 Å². The van der Waals surface area contributed by atoms with Crippen LogP contribution in [-0.4, -0.2) is 26.6 Å². The van der Waals surface area contributed by atoms with Gasteiger partial charge in [0.2, 0.25) is 15.9 Å². The third-order valence-corrected chi connectivity index (χ3v) is 5.05. The Morgan fingerprint density at radius 3 is 2.15 bits per heavy atom. The number of para-hydroxylation sites is 1. The maximum atomic E-state index is 13.8. The van der Waals surface area contributed by atoms with Crippen LogP contribution in [0.5, 0.6) is 0 Å². The summed E-state index contributed by atoms with van der Waals surface area (Å²) in [4.78, 5) is 12.6. The lowest BCUT2D eigenvalue weighted by atomic mass is 10.1. The molecule has 0 aliphatic carbocycles. The predicted molar refractivity (Wildman–Crippen MR) is 97.8 cm³/mol. The predicted octanol–water partition coefficient (Wildman–Crippen LogP) is 3.80. The van der Waals surface area contributed by atoms with Gasteiger partial charge in [0.05, 0.1) is 11.9 Å². The summed E-state index contributed by atoms with van der Waals surface area (Å²) in [5.74, 6) is -2.76. The molecule has 9 heteroatoms. The van der Waals surface area contributed by atoms with Gasteiger partial charge in [0.15, 0.2) is 0 Å². The van der Waals surface area contributed by atoms with E-state index >= 15 is 0 Å². The number of halogens is 3. The molecule has 0 aliphatic heterocycles. The lowest BCUT2D eigenvalue weighted by molar-refractivity contribution is -0.117. The first-order chi connectivity index (χ1) is 12.1. The Morgan fingerprint density at radius 1 is 1.15 bits per heavy atom. The number of benzene rings is 2. The fraction of sp³-hybridized carbons (Fsp3) is 0.235. The number of sulfonamides is 1. The van der Waals surface area contributed by atoms with Crippen molar-refractivity contribution in [1.82, 2.24) is 0 Å². The van der Waals surface area contributed by atoms with E-state index in [1.54, 1.807) is 6.92 Å². The number of amides is 1. The zero-order chi connectivity index (χ0) is 19.5. The van der Waals surface area contributed by atoms with E-state index in [1.807, 2.05) is 0 Å². The van der Waals surface area contributed by atoms with E-state index in [0.29, 0.717) is 5.02 Å². The van der Waals surface area contributed by atoms with Gasteiger partial charge in [-0.15, -0.1) is 0 Å². The fourth-order valence-electron chi connectivity index (χ4n) is 2.47. The fourth-order valence-corrected chi connectivity index (χ4v) is 3.81. The molecule has 0 fully saturated rings. The van der Waals surface area contributed by atoms with E-state index in [1.165, 1.54) is 24.3 Å². The van der Waals surface area contributed by atoms with Crippen LogP contribution in [-0.2, 0) is 14.8 Å². The summed E-state index contributed by atoms with van der Waals surface area (Å²) >= 11 is 5.82. The van der Waals surface area contributed by atoms with Crippen molar-refractivity contribution in [2.45, 2.75) is 19.4 Å². The summed E-state index contributed by atoms with van der Waals surface area (Å²) in [6.45, 7) is 1.59. The second-order valence-corrected chi connectivity index (χ2v) is 7.84. The number of carbonyl (C=O) groups excluding carboxylic acids is 1. The number of hydrogen-bond donors (Lipinski definition) is 1. The number of nitrogens with one attached hydrogen (secondary N) is 1. The summed E-state index contributed by atoms with van der Waals surface area (Å²) < 4.78 is 53.0. The third-order valence-electron chi connectivity index (χ3n) is 3.62. The average molecular weight is 403 g/mol. The Balaban J connectivity index is 2.41. The van der Waals surface area contributed by atoms with Crippen LogP contribution in [0.15, 0.2) is 42.5 Å². The van der Waals surface area contributed by atoms with E-state index in [0.717, 1.165) is 28.8 Å². The molecule has 2 aromatic carbocycles. The van der Waals surface area contributed by atoms with Crippen molar-refractivity contribution < 1.29 is 22.0 Å². The molecule has 0 spiro atoms. The molecule has 0 aromatic heterocycles. The van der Waals surface area contributed by atoms with Crippen molar-refractivity contribution in [3.63, 3.8) is 0 Å². The highest BCUT2D eigenvalue weighted by Crippen LogP contribution is 2.26. The van der Waals surface area contributed by atoms with Crippen molar-refractivity contribution >= 4 is 38.9 Å². The van der Waals surface area contributed by atoms with Gasteiger partial charge in [0.25, 0.3) is 0 Å². The van der Waals surface area contributed by atoms with Crippen LogP contribution >= 0.6 is 11.6 Å². The summed E-state index contributed by atoms with van der Waals surface area (Å²) in [5, 5.41) is 2.54.